The Bertz CT molecular complexity index is 1220. The first-order valence-corrected chi connectivity index (χ1v) is 8.58. The lowest BCUT2D eigenvalue weighted by Crippen LogP contribution is -2.23. The summed E-state index contributed by atoms with van der Waals surface area (Å²) in [6, 6.07) is 9.79. The van der Waals surface area contributed by atoms with Gasteiger partial charge in [0.1, 0.15) is 22.8 Å². The third-order valence-electron chi connectivity index (χ3n) is 4.22. The lowest BCUT2D eigenvalue weighted by Gasteiger charge is -2.12. The van der Waals surface area contributed by atoms with E-state index < -0.39 is 5.82 Å². The molecule has 0 N–H and O–H groups in total. The zero-order chi connectivity index (χ0) is 19.1. The summed E-state index contributed by atoms with van der Waals surface area (Å²) in [5, 5.41) is 4.44. The summed E-state index contributed by atoms with van der Waals surface area (Å²) >= 11 is 5.87. The van der Waals surface area contributed by atoms with Crippen molar-refractivity contribution < 1.29 is 8.78 Å². The predicted octanol–water partition coefficient (Wildman–Crippen LogP) is 4.07. The first-order chi connectivity index (χ1) is 13.0. The molecular weight excluding hydrogens is 374 g/mol. The molecule has 5 nitrogen and oxygen atoms in total. The molecule has 4 aromatic rings. The Morgan fingerprint density at radius 2 is 1.78 bits per heavy atom. The fourth-order valence-electron chi connectivity index (χ4n) is 2.91. The number of rotatable bonds is 3. The van der Waals surface area contributed by atoms with Crippen LogP contribution in [0.4, 0.5) is 8.78 Å². The second-order valence-electron chi connectivity index (χ2n) is 5.89. The predicted molar refractivity (Wildman–Crippen MR) is 98.8 cm³/mol. The van der Waals surface area contributed by atoms with Crippen molar-refractivity contribution in [2.75, 3.05) is 0 Å². The molecule has 0 aliphatic heterocycles. The second-order valence-corrected chi connectivity index (χ2v) is 6.30. The normalized spacial score (nSPS) is 11.3. The average Bonchev–Trinajstić information content (AvgIpc) is 3.09. The van der Waals surface area contributed by atoms with E-state index in [-0.39, 0.29) is 21.8 Å². The maximum atomic E-state index is 13.5. The number of nitrogens with zero attached hydrogens (tertiary/aromatic N) is 4. The maximum absolute atomic E-state index is 13.5. The Kier molecular flexibility index (Phi) is 4.24. The highest BCUT2D eigenvalue weighted by atomic mass is 35.5. The molecule has 0 saturated heterocycles. The van der Waals surface area contributed by atoms with Crippen LogP contribution >= 0.6 is 11.6 Å². The number of hydrogen-bond acceptors (Lipinski definition) is 3. The van der Waals surface area contributed by atoms with Crippen molar-refractivity contribution >= 4 is 22.6 Å². The van der Waals surface area contributed by atoms with E-state index in [9.17, 15) is 13.6 Å². The van der Waals surface area contributed by atoms with Gasteiger partial charge in [0.2, 0.25) is 0 Å². The summed E-state index contributed by atoms with van der Waals surface area (Å²) in [7, 11) is 0. The fourth-order valence-corrected chi connectivity index (χ4v) is 3.08. The first-order valence-electron chi connectivity index (χ1n) is 8.20. The molecule has 8 heteroatoms. The maximum Gasteiger partial charge on any atom is 0.269 e. The monoisotopic (exact) mass is 386 g/mol. The lowest BCUT2D eigenvalue weighted by atomic mass is 10.2. The topological polar surface area (TPSA) is 52.7 Å². The molecule has 0 amide bonds. The molecule has 27 heavy (non-hydrogen) atoms. The van der Waals surface area contributed by atoms with Crippen LogP contribution in [0.1, 0.15) is 12.7 Å². The molecule has 2 aromatic heterocycles. The molecule has 0 aliphatic carbocycles. The van der Waals surface area contributed by atoms with Crippen molar-refractivity contribution in [1.29, 1.82) is 0 Å². The molecule has 0 atom stereocenters. The smallest absolute Gasteiger partial charge is 0.268 e. The zero-order valence-electron chi connectivity index (χ0n) is 14.2. The highest BCUT2D eigenvalue weighted by Gasteiger charge is 2.17. The molecular formula is C19H13ClF2N4O. The van der Waals surface area contributed by atoms with Crippen LogP contribution in [0.15, 0.2) is 53.5 Å². The third kappa shape index (κ3) is 2.90. The van der Waals surface area contributed by atoms with Gasteiger partial charge in [-0.1, -0.05) is 18.5 Å². The van der Waals surface area contributed by atoms with Gasteiger partial charge in [-0.05, 0) is 42.5 Å². The van der Waals surface area contributed by atoms with Crippen molar-refractivity contribution in [1.82, 2.24) is 19.3 Å². The van der Waals surface area contributed by atoms with Gasteiger partial charge in [0.05, 0.1) is 22.6 Å². The number of fused-ring (bicyclic) bond motifs is 1. The molecule has 0 aliphatic rings. The number of hydrogen-bond donors (Lipinski definition) is 0. The minimum atomic E-state index is -0.565. The Morgan fingerprint density at radius 1 is 1.07 bits per heavy atom. The molecule has 0 bridgehead atoms. The van der Waals surface area contributed by atoms with Gasteiger partial charge in [-0.3, -0.25) is 9.36 Å². The van der Waals surface area contributed by atoms with Crippen molar-refractivity contribution in [3.63, 3.8) is 0 Å². The average molecular weight is 387 g/mol. The molecule has 4 rings (SSSR count). The van der Waals surface area contributed by atoms with Crippen LogP contribution in [-0.2, 0) is 6.42 Å². The Labute approximate surface area is 157 Å². The Morgan fingerprint density at radius 3 is 2.44 bits per heavy atom. The standard InChI is InChI=1S/C19H13ClF2N4O/c1-2-17-24-18-14(10-23-26(18)12-5-3-11(21)4-6-12)19(27)25(17)13-7-8-16(22)15(20)9-13/h3-10H,2H2,1H3. The van der Waals surface area contributed by atoms with Crippen LogP contribution in [0.2, 0.25) is 5.02 Å². The van der Waals surface area contributed by atoms with Crippen LogP contribution < -0.4 is 5.56 Å². The number of halogens is 3. The van der Waals surface area contributed by atoms with Crippen molar-refractivity contribution in [2.45, 2.75) is 13.3 Å². The quantitative estimate of drug-likeness (QED) is 0.533. The minimum Gasteiger partial charge on any atom is -0.268 e. The van der Waals surface area contributed by atoms with Gasteiger partial charge in [0, 0.05) is 6.42 Å². The van der Waals surface area contributed by atoms with Gasteiger partial charge in [-0.25, -0.2) is 18.4 Å². The van der Waals surface area contributed by atoms with Crippen LogP contribution in [0.25, 0.3) is 22.4 Å². The van der Waals surface area contributed by atoms with Gasteiger partial charge >= 0.3 is 0 Å². The summed E-state index contributed by atoms with van der Waals surface area (Å²) in [5.41, 5.74) is 1.04. The Hall–Kier alpha value is -3.06. The highest BCUT2D eigenvalue weighted by molar-refractivity contribution is 6.30. The van der Waals surface area contributed by atoms with E-state index >= 15 is 0 Å². The Balaban J connectivity index is 1.98. The van der Waals surface area contributed by atoms with E-state index in [0.29, 0.717) is 29.3 Å². The van der Waals surface area contributed by atoms with Crippen LogP contribution in [0.5, 0.6) is 0 Å². The molecule has 0 saturated carbocycles. The fraction of sp³-hybridized carbons (Fsp3) is 0.105. The van der Waals surface area contributed by atoms with E-state index in [0.717, 1.165) is 0 Å². The van der Waals surface area contributed by atoms with Crippen molar-refractivity contribution in [3.05, 3.63) is 81.5 Å². The first kappa shape index (κ1) is 17.4. The van der Waals surface area contributed by atoms with E-state index in [1.54, 1.807) is 12.1 Å². The number of aromatic nitrogens is 4. The SMILES string of the molecule is CCc1nc2c(cnn2-c2ccc(F)cc2)c(=O)n1-c1ccc(F)c(Cl)c1. The number of aryl methyl sites for hydroxylation is 1. The highest BCUT2D eigenvalue weighted by Crippen LogP contribution is 2.21. The van der Waals surface area contributed by atoms with Gasteiger partial charge in [-0.2, -0.15) is 5.10 Å². The third-order valence-corrected chi connectivity index (χ3v) is 4.51. The zero-order valence-corrected chi connectivity index (χ0v) is 14.9. The summed E-state index contributed by atoms with van der Waals surface area (Å²) in [6.07, 6.45) is 1.86. The van der Waals surface area contributed by atoms with E-state index in [1.165, 1.54) is 45.8 Å². The lowest BCUT2D eigenvalue weighted by molar-refractivity contribution is 0.627. The summed E-state index contributed by atoms with van der Waals surface area (Å²) in [4.78, 5) is 17.7. The molecule has 0 fully saturated rings. The second kappa shape index (κ2) is 6.59. The molecule has 136 valence electrons. The van der Waals surface area contributed by atoms with E-state index in [1.807, 2.05) is 6.92 Å². The van der Waals surface area contributed by atoms with Gasteiger partial charge in [0.15, 0.2) is 5.65 Å². The molecule has 2 aromatic carbocycles. The van der Waals surface area contributed by atoms with Crippen molar-refractivity contribution in [3.8, 4) is 11.4 Å². The molecule has 2 heterocycles. The number of benzene rings is 2. The van der Waals surface area contributed by atoms with Gasteiger partial charge in [0.25, 0.3) is 5.56 Å². The van der Waals surface area contributed by atoms with Gasteiger partial charge in [-0.15, -0.1) is 0 Å². The molecule has 0 spiro atoms. The molecule has 0 radical (unpaired) electrons. The van der Waals surface area contributed by atoms with Crippen LogP contribution in [-0.4, -0.2) is 19.3 Å². The summed E-state index contributed by atoms with van der Waals surface area (Å²) in [6.45, 7) is 1.85. The minimum absolute atomic E-state index is 0.0800. The summed E-state index contributed by atoms with van der Waals surface area (Å²) in [5.74, 6) is -0.461. The summed E-state index contributed by atoms with van der Waals surface area (Å²) < 4.78 is 29.6. The van der Waals surface area contributed by atoms with E-state index in [4.69, 9.17) is 11.6 Å². The van der Waals surface area contributed by atoms with Crippen LogP contribution in [0, 0.1) is 11.6 Å². The van der Waals surface area contributed by atoms with Crippen molar-refractivity contribution in [2.24, 2.45) is 0 Å². The van der Waals surface area contributed by atoms with Gasteiger partial charge < -0.3 is 0 Å². The molecule has 0 unspecified atom stereocenters. The van der Waals surface area contributed by atoms with Crippen LogP contribution in [0.3, 0.4) is 0 Å². The van der Waals surface area contributed by atoms with E-state index in [2.05, 4.69) is 10.1 Å². The largest absolute Gasteiger partial charge is 0.269 e.